The molecule has 12 heteroatoms. The Labute approximate surface area is 298 Å². The molecule has 0 bridgehead atoms. The molecule has 1 atom stereocenters. The lowest BCUT2D eigenvalue weighted by molar-refractivity contribution is -0.138. The highest BCUT2D eigenvalue weighted by Crippen LogP contribution is 2.36. The summed E-state index contributed by atoms with van der Waals surface area (Å²) < 4.78 is 25.8. The van der Waals surface area contributed by atoms with Gasteiger partial charge < -0.3 is 18.9 Å². The average Bonchev–Trinajstić information content (AvgIpc) is 3.67. The first-order valence-corrected chi connectivity index (χ1v) is 17.0. The van der Waals surface area contributed by atoms with Crippen molar-refractivity contribution in [2.24, 2.45) is 4.99 Å². The van der Waals surface area contributed by atoms with Gasteiger partial charge >= 0.3 is 11.9 Å². The lowest BCUT2D eigenvalue weighted by Crippen LogP contribution is -2.40. The molecule has 0 spiro atoms. The highest BCUT2D eigenvalue weighted by atomic mass is 32.1. The molecule has 0 aliphatic carbocycles. The summed E-state index contributed by atoms with van der Waals surface area (Å²) in [6.07, 6.45) is 5.16. The smallest absolute Gasteiger partial charge is 0.338 e. The molecule has 0 saturated carbocycles. The zero-order valence-corrected chi connectivity index (χ0v) is 29.6. The number of aromatic nitrogens is 3. The summed E-state index contributed by atoms with van der Waals surface area (Å²) in [7, 11) is 1.44. The van der Waals surface area contributed by atoms with Gasteiger partial charge in [0.2, 0.25) is 0 Å². The lowest BCUT2D eigenvalue weighted by Gasteiger charge is -2.25. The Morgan fingerprint density at radius 1 is 1.04 bits per heavy atom. The molecule has 1 aliphatic heterocycles. The van der Waals surface area contributed by atoms with Crippen LogP contribution in [0.25, 0.3) is 23.0 Å². The van der Waals surface area contributed by atoms with Gasteiger partial charge in [-0.1, -0.05) is 48.3 Å². The first-order chi connectivity index (χ1) is 24.6. The zero-order valence-electron chi connectivity index (χ0n) is 28.8. The van der Waals surface area contributed by atoms with Crippen molar-refractivity contribution >= 4 is 29.4 Å². The molecule has 0 N–H and O–H groups in total. The molecule has 51 heavy (non-hydrogen) atoms. The molecule has 0 amide bonds. The Hall–Kier alpha value is -6.01. The molecule has 260 valence electrons. The van der Waals surface area contributed by atoms with Crippen molar-refractivity contribution in [3.63, 3.8) is 0 Å². The van der Waals surface area contributed by atoms with Crippen molar-refractivity contribution in [1.29, 1.82) is 0 Å². The fourth-order valence-electron chi connectivity index (χ4n) is 5.74. The normalized spacial score (nSPS) is 14.2. The van der Waals surface area contributed by atoms with E-state index in [9.17, 15) is 14.4 Å². The highest BCUT2D eigenvalue weighted by molar-refractivity contribution is 7.07. The molecule has 2 aromatic heterocycles. The minimum absolute atomic E-state index is 0.0273. The number of fused-ring (bicyclic) bond motifs is 1. The van der Waals surface area contributed by atoms with Crippen molar-refractivity contribution in [1.82, 2.24) is 14.3 Å². The number of carbonyl (C=O) groups excluding carboxylic acids is 2. The number of nitrogens with zero attached hydrogens (tertiary/aromatic N) is 4. The van der Waals surface area contributed by atoms with Crippen LogP contribution >= 0.6 is 11.3 Å². The summed E-state index contributed by atoms with van der Waals surface area (Å²) in [5.41, 5.74) is 3.78. The molecule has 0 saturated heterocycles. The Kier molecular flexibility index (Phi) is 10.1. The van der Waals surface area contributed by atoms with Gasteiger partial charge in [-0.2, -0.15) is 5.10 Å². The zero-order chi connectivity index (χ0) is 36.2. The molecule has 6 rings (SSSR count). The Bertz CT molecular complexity index is 2330. The maximum atomic E-state index is 14.5. The number of methoxy groups -OCH3 is 1. The Morgan fingerprint density at radius 2 is 1.78 bits per heavy atom. The number of allylic oxidation sites excluding steroid dienone is 1. The molecule has 5 aromatic rings. The van der Waals surface area contributed by atoms with E-state index in [1.807, 2.05) is 74.6 Å². The fourth-order valence-corrected chi connectivity index (χ4v) is 6.78. The van der Waals surface area contributed by atoms with Crippen molar-refractivity contribution in [2.45, 2.75) is 39.8 Å². The van der Waals surface area contributed by atoms with Gasteiger partial charge in [-0.3, -0.25) is 14.2 Å². The summed E-state index contributed by atoms with van der Waals surface area (Å²) in [4.78, 5) is 44.8. The van der Waals surface area contributed by atoms with Crippen LogP contribution in [0.2, 0.25) is 0 Å². The quantitative estimate of drug-likeness (QED) is 0.0999. The van der Waals surface area contributed by atoms with E-state index in [0.29, 0.717) is 31.9 Å². The first-order valence-electron chi connectivity index (χ1n) is 16.2. The summed E-state index contributed by atoms with van der Waals surface area (Å²) in [6, 6.07) is 21.3. The van der Waals surface area contributed by atoms with Crippen molar-refractivity contribution in [2.75, 3.05) is 13.7 Å². The summed E-state index contributed by atoms with van der Waals surface area (Å²) in [5.74, 6) is 0.0231. The van der Waals surface area contributed by atoms with Crippen molar-refractivity contribution in [3.8, 4) is 34.2 Å². The fraction of sp³-hybridized carbons (Fsp3) is 0.205. The summed E-state index contributed by atoms with van der Waals surface area (Å²) in [6.45, 7) is 10.5. The van der Waals surface area contributed by atoms with Gasteiger partial charge in [0.25, 0.3) is 5.56 Å². The van der Waals surface area contributed by atoms with Gasteiger partial charge in [-0.15, -0.1) is 0 Å². The van der Waals surface area contributed by atoms with Gasteiger partial charge in [0.05, 0.1) is 40.7 Å². The van der Waals surface area contributed by atoms with Crippen LogP contribution in [0.3, 0.4) is 0 Å². The van der Waals surface area contributed by atoms with E-state index < -0.39 is 18.0 Å². The third-order valence-electron chi connectivity index (χ3n) is 7.88. The van der Waals surface area contributed by atoms with Gasteiger partial charge in [0, 0.05) is 24.2 Å². The van der Waals surface area contributed by atoms with E-state index in [1.54, 1.807) is 35.9 Å². The Balaban J connectivity index is 1.53. The largest absolute Gasteiger partial charge is 0.493 e. The molecule has 0 fully saturated rings. The van der Waals surface area contributed by atoms with E-state index in [4.69, 9.17) is 29.0 Å². The van der Waals surface area contributed by atoms with Crippen molar-refractivity contribution < 1.29 is 28.5 Å². The monoisotopic (exact) mass is 704 g/mol. The number of benzene rings is 3. The Morgan fingerprint density at radius 3 is 2.45 bits per heavy atom. The molecule has 0 radical (unpaired) electrons. The van der Waals surface area contributed by atoms with E-state index >= 15 is 0 Å². The number of thiazole rings is 1. The first kappa shape index (κ1) is 34.8. The number of rotatable bonds is 11. The predicted molar refractivity (Wildman–Crippen MR) is 194 cm³/mol. The van der Waals surface area contributed by atoms with Crippen LogP contribution in [-0.2, 0) is 14.3 Å². The number of hydrogen-bond donors (Lipinski definition) is 0. The van der Waals surface area contributed by atoms with Crippen LogP contribution in [0, 0.1) is 0 Å². The van der Waals surface area contributed by atoms with Crippen molar-refractivity contribution in [3.05, 3.63) is 134 Å². The standard InChI is InChI=1S/C39H36N4O7S/c1-7-19-48-38(46)34-24(4)40-39-43(36(34)27-15-18-31(50-25(5)44)32(20-27)47-6)37(45)33(51-39)21-28-22-42(29-11-9-8-10-12-29)41-35(28)26-13-16-30(17-14-26)49-23(2)3/h7-18,20-23,36H,1,19H2,2-6H3/b33-21-. The third kappa shape index (κ3) is 7.31. The number of ether oxygens (including phenoxy) is 4. The van der Waals surface area contributed by atoms with E-state index in [-0.39, 0.29) is 35.3 Å². The molecule has 11 nitrogen and oxygen atoms in total. The second-order valence-corrected chi connectivity index (χ2v) is 12.9. The molecule has 3 heterocycles. The van der Waals surface area contributed by atoms with Gasteiger partial charge in [-0.05, 0) is 80.9 Å². The maximum absolute atomic E-state index is 14.5. The van der Waals surface area contributed by atoms with E-state index in [0.717, 1.165) is 17.0 Å². The molecule has 3 aromatic carbocycles. The third-order valence-corrected chi connectivity index (χ3v) is 8.86. The van der Waals surface area contributed by atoms with Crippen LogP contribution in [0.15, 0.2) is 113 Å². The molecular weight excluding hydrogens is 669 g/mol. The number of esters is 2. The molecular formula is C39H36N4O7S. The molecule has 1 unspecified atom stereocenters. The van der Waals surface area contributed by atoms with Crippen LogP contribution in [0.5, 0.6) is 17.2 Å². The van der Waals surface area contributed by atoms with E-state index in [2.05, 4.69) is 6.58 Å². The maximum Gasteiger partial charge on any atom is 0.338 e. The van der Waals surface area contributed by atoms with Crippen LogP contribution in [0.1, 0.15) is 44.9 Å². The summed E-state index contributed by atoms with van der Waals surface area (Å²) >= 11 is 1.20. The second-order valence-electron chi connectivity index (χ2n) is 11.9. The minimum Gasteiger partial charge on any atom is -0.493 e. The average molecular weight is 705 g/mol. The van der Waals surface area contributed by atoms with Crippen LogP contribution in [-0.4, -0.2) is 46.1 Å². The van der Waals surface area contributed by atoms with Crippen LogP contribution < -0.4 is 29.1 Å². The predicted octanol–water partition coefficient (Wildman–Crippen LogP) is 5.54. The topological polar surface area (TPSA) is 123 Å². The van der Waals surface area contributed by atoms with Gasteiger partial charge in [0.15, 0.2) is 16.3 Å². The SMILES string of the molecule is C=CCOC(=O)C1=C(C)N=c2s/c(=C\c3cn(-c4ccccc4)nc3-c3ccc(OC(C)C)cc3)c(=O)n2C1c1ccc(OC(C)=O)c(OC)c1. The summed E-state index contributed by atoms with van der Waals surface area (Å²) in [5, 5.41) is 4.92. The second kappa shape index (κ2) is 14.9. The van der Waals surface area contributed by atoms with Gasteiger partial charge in [0.1, 0.15) is 18.1 Å². The number of carbonyl (C=O) groups is 2. The lowest BCUT2D eigenvalue weighted by atomic mass is 9.95. The van der Waals surface area contributed by atoms with Crippen LogP contribution in [0.4, 0.5) is 0 Å². The number of hydrogen-bond acceptors (Lipinski definition) is 10. The minimum atomic E-state index is -0.930. The highest BCUT2D eigenvalue weighted by Gasteiger charge is 2.34. The number of para-hydroxylation sites is 1. The van der Waals surface area contributed by atoms with Gasteiger partial charge in [-0.25, -0.2) is 14.5 Å². The molecule has 1 aliphatic rings. The van der Waals surface area contributed by atoms with E-state index in [1.165, 1.54) is 36.0 Å².